The Labute approximate surface area is 87.7 Å². The predicted molar refractivity (Wildman–Crippen MR) is 51.2 cm³/mol. The number of ether oxygens (including phenoxy) is 2. The molecule has 0 amide bonds. The average Bonchev–Trinajstić information content (AvgIpc) is 2.68. The van der Waals surface area contributed by atoms with Crippen molar-refractivity contribution in [3.8, 4) is 0 Å². The molecule has 84 valence electrons. The molecule has 0 radical (unpaired) electrons. The molecule has 1 aromatic heterocycles. The van der Waals surface area contributed by atoms with E-state index >= 15 is 0 Å². The largest absolute Gasteiger partial charge is 0.381 e. The minimum absolute atomic E-state index is 0.0110. The first-order chi connectivity index (χ1) is 7.31. The molecule has 6 nitrogen and oxygen atoms in total. The molecule has 1 saturated heterocycles. The lowest BCUT2D eigenvalue weighted by Gasteiger charge is -2.25. The molecular formula is C9H15N3O3. The molecule has 0 bridgehead atoms. The quantitative estimate of drug-likeness (QED) is 0.763. The third-order valence-corrected chi connectivity index (χ3v) is 2.48. The number of methoxy groups -OCH3 is 1. The number of aromatic nitrogens is 2. The maximum Gasteiger partial charge on any atom is 0.233 e. The molecule has 2 rings (SSSR count). The molecular weight excluding hydrogens is 198 g/mol. The Bertz CT molecular complexity index is 315. The summed E-state index contributed by atoms with van der Waals surface area (Å²) in [4.78, 5) is 4.21. The zero-order valence-electron chi connectivity index (χ0n) is 8.68. The Morgan fingerprint density at radius 1 is 1.60 bits per heavy atom. The summed E-state index contributed by atoms with van der Waals surface area (Å²) in [6, 6.07) is 0.0367. The van der Waals surface area contributed by atoms with Gasteiger partial charge in [-0.1, -0.05) is 5.16 Å². The molecule has 2 unspecified atom stereocenters. The lowest BCUT2D eigenvalue weighted by molar-refractivity contribution is 0.0590. The van der Waals surface area contributed by atoms with E-state index in [9.17, 15) is 0 Å². The fraction of sp³-hybridized carbons (Fsp3) is 0.778. The summed E-state index contributed by atoms with van der Waals surface area (Å²) in [5, 5.41) is 3.79. The van der Waals surface area contributed by atoms with Crippen LogP contribution in [0.15, 0.2) is 4.52 Å². The number of hydrogen-bond donors (Lipinski definition) is 1. The zero-order valence-corrected chi connectivity index (χ0v) is 8.68. The van der Waals surface area contributed by atoms with Crippen LogP contribution in [0.1, 0.15) is 24.1 Å². The van der Waals surface area contributed by atoms with E-state index in [1.165, 1.54) is 0 Å². The Morgan fingerprint density at radius 2 is 2.47 bits per heavy atom. The fourth-order valence-electron chi connectivity index (χ4n) is 1.61. The smallest absolute Gasteiger partial charge is 0.233 e. The van der Waals surface area contributed by atoms with Crippen LogP contribution in [0.4, 0.5) is 0 Å². The van der Waals surface area contributed by atoms with Crippen molar-refractivity contribution in [3.05, 3.63) is 11.7 Å². The van der Waals surface area contributed by atoms with Crippen LogP contribution in [0.25, 0.3) is 0 Å². The van der Waals surface area contributed by atoms with E-state index in [4.69, 9.17) is 19.7 Å². The lowest BCUT2D eigenvalue weighted by Crippen LogP contribution is -2.37. The number of rotatable bonds is 3. The van der Waals surface area contributed by atoms with Gasteiger partial charge in [-0.05, 0) is 6.42 Å². The van der Waals surface area contributed by atoms with Gasteiger partial charge in [0.05, 0.1) is 12.5 Å². The maximum absolute atomic E-state index is 5.96. The van der Waals surface area contributed by atoms with Crippen LogP contribution >= 0.6 is 0 Å². The normalized spacial score (nSPS) is 26.8. The summed E-state index contributed by atoms with van der Waals surface area (Å²) < 4.78 is 15.4. The molecule has 2 atom stereocenters. The van der Waals surface area contributed by atoms with E-state index in [-0.39, 0.29) is 12.0 Å². The van der Waals surface area contributed by atoms with Crippen molar-refractivity contribution < 1.29 is 14.0 Å². The third kappa shape index (κ3) is 2.34. The van der Waals surface area contributed by atoms with Gasteiger partial charge in [0.1, 0.15) is 6.61 Å². The Balaban J connectivity index is 2.06. The maximum atomic E-state index is 5.96. The molecule has 1 fully saturated rings. The number of hydrogen-bond acceptors (Lipinski definition) is 6. The lowest BCUT2D eigenvalue weighted by atomic mass is 9.97. The topological polar surface area (TPSA) is 83.4 Å². The first kappa shape index (κ1) is 10.5. The Hall–Kier alpha value is -0.980. The molecule has 0 saturated carbocycles. The van der Waals surface area contributed by atoms with Crippen molar-refractivity contribution in [1.82, 2.24) is 10.1 Å². The summed E-state index contributed by atoms with van der Waals surface area (Å²) in [5.41, 5.74) is 5.96. The minimum Gasteiger partial charge on any atom is -0.381 e. The zero-order chi connectivity index (χ0) is 10.7. The molecule has 0 spiro atoms. The number of nitrogens with two attached hydrogens (primary N) is 1. The van der Waals surface area contributed by atoms with Gasteiger partial charge in [0.15, 0.2) is 5.82 Å². The summed E-state index contributed by atoms with van der Waals surface area (Å²) in [5.74, 6) is 1.11. The van der Waals surface area contributed by atoms with Crippen LogP contribution in [0.5, 0.6) is 0 Å². The van der Waals surface area contributed by atoms with Gasteiger partial charge >= 0.3 is 0 Å². The standard InChI is InChI=1S/C9H15N3O3/c1-13-5-8-11-9(15-12-8)6-4-14-3-2-7(6)10/h6-7H,2-5,10H2,1H3. The van der Waals surface area contributed by atoms with Gasteiger partial charge in [-0.2, -0.15) is 4.98 Å². The van der Waals surface area contributed by atoms with Gasteiger partial charge in [0, 0.05) is 19.8 Å². The van der Waals surface area contributed by atoms with Crippen molar-refractivity contribution in [3.63, 3.8) is 0 Å². The molecule has 0 aliphatic carbocycles. The second-order valence-corrected chi connectivity index (χ2v) is 3.62. The van der Waals surface area contributed by atoms with E-state index < -0.39 is 0 Å². The summed E-state index contributed by atoms with van der Waals surface area (Å²) in [7, 11) is 1.59. The van der Waals surface area contributed by atoms with Gasteiger partial charge in [-0.3, -0.25) is 0 Å². The number of nitrogens with zero attached hydrogens (tertiary/aromatic N) is 2. The molecule has 1 aliphatic heterocycles. The highest BCUT2D eigenvalue weighted by Crippen LogP contribution is 2.23. The summed E-state index contributed by atoms with van der Waals surface area (Å²) in [6.45, 7) is 1.61. The summed E-state index contributed by atoms with van der Waals surface area (Å²) in [6.07, 6.45) is 0.826. The second-order valence-electron chi connectivity index (χ2n) is 3.62. The van der Waals surface area contributed by atoms with Gasteiger partial charge in [-0.25, -0.2) is 0 Å². The molecule has 15 heavy (non-hydrogen) atoms. The van der Waals surface area contributed by atoms with Crippen molar-refractivity contribution >= 4 is 0 Å². The predicted octanol–water partition coefficient (Wildman–Crippen LogP) is 0.0472. The first-order valence-corrected chi connectivity index (χ1v) is 4.96. The molecule has 1 aromatic rings. The molecule has 2 N–H and O–H groups in total. The van der Waals surface area contributed by atoms with Gasteiger partial charge in [0.2, 0.25) is 5.89 Å². The average molecular weight is 213 g/mol. The minimum atomic E-state index is 0.0110. The van der Waals surface area contributed by atoms with Crippen LogP contribution in [0, 0.1) is 0 Å². The van der Waals surface area contributed by atoms with Crippen LogP contribution in [0.2, 0.25) is 0 Å². The van der Waals surface area contributed by atoms with E-state index in [0.717, 1.165) is 6.42 Å². The summed E-state index contributed by atoms with van der Waals surface area (Å²) >= 11 is 0. The first-order valence-electron chi connectivity index (χ1n) is 4.96. The van der Waals surface area contributed by atoms with Crippen molar-refractivity contribution in [2.45, 2.75) is 25.0 Å². The highest BCUT2D eigenvalue weighted by atomic mass is 16.5. The van der Waals surface area contributed by atoms with Crippen molar-refractivity contribution in [2.24, 2.45) is 5.73 Å². The molecule has 1 aliphatic rings. The third-order valence-electron chi connectivity index (χ3n) is 2.48. The van der Waals surface area contributed by atoms with E-state index in [1.807, 2.05) is 0 Å². The van der Waals surface area contributed by atoms with Gasteiger partial charge < -0.3 is 19.7 Å². The highest BCUT2D eigenvalue weighted by Gasteiger charge is 2.28. The van der Waals surface area contributed by atoms with E-state index in [0.29, 0.717) is 31.5 Å². The highest BCUT2D eigenvalue weighted by molar-refractivity contribution is 4.99. The van der Waals surface area contributed by atoms with Crippen molar-refractivity contribution in [1.29, 1.82) is 0 Å². The van der Waals surface area contributed by atoms with Crippen LogP contribution < -0.4 is 5.73 Å². The SMILES string of the molecule is COCc1noc(C2COCCC2N)n1. The van der Waals surface area contributed by atoms with Crippen LogP contribution in [0.3, 0.4) is 0 Å². The van der Waals surface area contributed by atoms with Gasteiger partial charge in [-0.15, -0.1) is 0 Å². The Kier molecular flexibility index (Phi) is 3.30. The molecule has 2 heterocycles. The van der Waals surface area contributed by atoms with E-state index in [2.05, 4.69) is 10.1 Å². The monoisotopic (exact) mass is 213 g/mol. The fourth-order valence-corrected chi connectivity index (χ4v) is 1.61. The second kappa shape index (κ2) is 4.69. The van der Waals surface area contributed by atoms with Crippen LogP contribution in [-0.2, 0) is 16.1 Å². The van der Waals surface area contributed by atoms with Gasteiger partial charge in [0.25, 0.3) is 0 Å². The van der Waals surface area contributed by atoms with Crippen molar-refractivity contribution in [2.75, 3.05) is 20.3 Å². The van der Waals surface area contributed by atoms with Crippen LogP contribution in [-0.4, -0.2) is 36.5 Å². The Morgan fingerprint density at radius 3 is 3.20 bits per heavy atom. The molecule has 0 aromatic carbocycles. The molecule has 6 heteroatoms. The van der Waals surface area contributed by atoms with E-state index in [1.54, 1.807) is 7.11 Å².